The SMILES string of the molecule is CCC(NC(=O)[C@@H](N)CC(C)C)c1ccc(C)cc1. The number of amides is 1. The van der Waals surface area contributed by atoms with Crippen molar-refractivity contribution in [1.82, 2.24) is 5.32 Å². The van der Waals surface area contributed by atoms with E-state index in [2.05, 4.69) is 57.3 Å². The summed E-state index contributed by atoms with van der Waals surface area (Å²) in [5, 5.41) is 3.04. The molecule has 1 rings (SSSR count). The maximum atomic E-state index is 12.1. The van der Waals surface area contributed by atoms with E-state index < -0.39 is 6.04 Å². The highest BCUT2D eigenvalue weighted by molar-refractivity contribution is 5.81. The molecule has 3 N–H and O–H groups in total. The number of nitrogens with two attached hydrogens (primary N) is 1. The van der Waals surface area contributed by atoms with Gasteiger partial charge in [-0.15, -0.1) is 0 Å². The first-order valence-electron chi connectivity index (χ1n) is 7.06. The van der Waals surface area contributed by atoms with Crippen molar-refractivity contribution < 1.29 is 4.79 Å². The van der Waals surface area contributed by atoms with Crippen molar-refractivity contribution in [3.05, 3.63) is 35.4 Å². The van der Waals surface area contributed by atoms with Crippen LogP contribution in [0.3, 0.4) is 0 Å². The third kappa shape index (κ3) is 5.03. The van der Waals surface area contributed by atoms with Gasteiger partial charge in [-0.25, -0.2) is 0 Å². The minimum Gasteiger partial charge on any atom is -0.348 e. The van der Waals surface area contributed by atoms with Crippen molar-refractivity contribution in [1.29, 1.82) is 0 Å². The molecule has 1 unspecified atom stereocenters. The third-order valence-electron chi connectivity index (χ3n) is 3.27. The van der Waals surface area contributed by atoms with Crippen molar-refractivity contribution >= 4 is 5.91 Å². The van der Waals surface area contributed by atoms with Crippen LogP contribution in [0, 0.1) is 12.8 Å². The Morgan fingerprint density at radius 3 is 2.32 bits per heavy atom. The largest absolute Gasteiger partial charge is 0.348 e. The molecule has 106 valence electrons. The van der Waals surface area contributed by atoms with Gasteiger partial charge in [-0.3, -0.25) is 4.79 Å². The smallest absolute Gasteiger partial charge is 0.237 e. The van der Waals surface area contributed by atoms with E-state index in [1.54, 1.807) is 0 Å². The number of carbonyl (C=O) groups excluding carboxylic acids is 1. The van der Waals surface area contributed by atoms with Crippen LogP contribution >= 0.6 is 0 Å². The van der Waals surface area contributed by atoms with Gasteiger partial charge in [0.15, 0.2) is 0 Å². The van der Waals surface area contributed by atoms with Gasteiger partial charge < -0.3 is 11.1 Å². The summed E-state index contributed by atoms with van der Waals surface area (Å²) < 4.78 is 0. The fraction of sp³-hybridized carbons (Fsp3) is 0.562. The summed E-state index contributed by atoms with van der Waals surface area (Å²) in [6.45, 7) is 8.27. The summed E-state index contributed by atoms with van der Waals surface area (Å²) >= 11 is 0. The molecule has 0 saturated heterocycles. The van der Waals surface area contributed by atoms with Gasteiger partial charge in [0, 0.05) is 0 Å². The number of hydrogen-bond donors (Lipinski definition) is 2. The predicted octanol–water partition coefficient (Wildman–Crippen LogP) is 2.94. The van der Waals surface area contributed by atoms with Crippen LogP contribution in [0.2, 0.25) is 0 Å². The summed E-state index contributed by atoms with van der Waals surface area (Å²) in [6, 6.07) is 7.90. The fourth-order valence-corrected chi connectivity index (χ4v) is 2.11. The fourth-order valence-electron chi connectivity index (χ4n) is 2.11. The van der Waals surface area contributed by atoms with Gasteiger partial charge in [-0.05, 0) is 31.2 Å². The number of carbonyl (C=O) groups is 1. The maximum Gasteiger partial charge on any atom is 0.237 e. The molecular weight excluding hydrogens is 236 g/mol. The molecule has 0 fully saturated rings. The molecule has 19 heavy (non-hydrogen) atoms. The van der Waals surface area contributed by atoms with Crippen LogP contribution in [0.4, 0.5) is 0 Å². The van der Waals surface area contributed by atoms with E-state index in [-0.39, 0.29) is 11.9 Å². The van der Waals surface area contributed by atoms with Crippen molar-refractivity contribution in [3.63, 3.8) is 0 Å². The van der Waals surface area contributed by atoms with Crippen LogP contribution in [0.5, 0.6) is 0 Å². The van der Waals surface area contributed by atoms with E-state index >= 15 is 0 Å². The average Bonchev–Trinajstić information content (AvgIpc) is 2.36. The molecule has 0 heterocycles. The zero-order chi connectivity index (χ0) is 14.4. The predicted molar refractivity (Wildman–Crippen MR) is 79.8 cm³/mol. The summed E-state index contributed by atoms with van der Waals surface area (Å²) in [4.78, 5) is 12.1. The summed E-state index contributed by atoms with van der Waals surface area (Å²) in [5.74, 6) is 0.376. The summed E-state index contributed by atoms with van der Waals surface area (Å²) in [5.41, 5.74) is 8.27. The standard InChI is InChI=1S/C16H26N2O/c1-5-15(13-8-6-12(4)7-9-13)18-16(19)14(17)10-11(2)3/h6-9,11,14-15H,5,10,17H2,1-4H3,(H,18,19)/t14-,15?/m0/s1. The topological polar surface area (TPSA) is 55.1 Å². The molecule has 1 aromatic carbocycles. The molecule has 1 amide bonds. The molecule has 3 heteroatoms. The molecule has 0 aromatic heterocycles. The summed E-state index contributed by atoms with van der Waals surface area (Å²) in [6.07, 6.45) is 1.58. The van der Waals surface area contributed by atoms with Crippen LogP contribution in [-0.2, 0) is 4.79 Å². The Morgan fingerprint density at radius 1 is 1.26 bits per heavy atom. The highest BCUT2D eigenvalue weighted by Crippen LogP contribution is 2.17. The molecule has 3 nitrogen and oxygen atoms in total. The van der Waals surface area contributed by atoms with E-state index in [0.29, 0.717) is 5.92 Å². The first kappa shape index (κ1) is 15.7. The van der Waals surface area contributed by atoms with Crippen LogP contribution in [0.15, 0.2) is 24.3 Å². The first-order valence-corrected chi connectivity index (χ1v) is 7.06. The van der Waals surface area contributed by atoms with Crippen molar-refractivity contribution in [2.45, 2.75) is 52.6 Å². The van der Waals surface area contributed by atoms with Crippen LogP contribution < -0.4 is 11.1 Å². The lowest BCUT2D eigenvalue weighted by atomic mass is 10.0. The van der Waals surface area contributed by atoms with Crippen LogP contribution in [0.1, 0.15) is 50.8 Å². The van der Waals surface area contributed by atoms with Crippen LogP contribution in [0.25, 0.3) is 0 Å². The second-order valence-corrected chi connectivity index (χ2v) is 5.62. The quantitative estimate of drug-likeness (QED) is 0.828. The summed E-state index contributed by atoms with van der Waals surface area (Å²) in [7, 11) is 0. The Morgan fingerprint density at radius 2 is 1.84 bits per heavy atom. The molecule has 0 spiro atoms. The van der Waals surface area contributed by atoms with Gasteiger partial charge >= 0.3 is 0 Å². The number of hydrogen-bond acceptors (Lipinski definition) is 2. The van der Waals surface area contributed by atoms with Gasteiger partial charge in [0.05, 0.1) is 12.1 Å². The third-order valence-corrected chi connectivity index (χ3v) is 3.27. The molecule has 0 radical (unpaired) electrons. The van der Waals surface area contributed by atoms with Gasteiger partial charge in [-0.1, -0.05) is 50.6 Å². The highest BCUT2D eigenvalue weighted by atomic mass is 16.2. The molecule has 1 aromatic rings. The Bertz CT molecular complexity index is 398. The number of benzene rings is 1. The number of rotatable bonds is 6. The van der Waals surface area contributed by atoms with Crippen LogP contribution in [-0.4, -0.2) is 11.9 Å². The second-order valence-electron chi connectivity index (χ2n) is 5.62. The molecule has 2 atom stereocenters. The molecule has 0 aliphatic carbocycles. The molecule has 0 aliphatic heterocycles. The van der Waals surface area contributed by atoms with Gasteiger partial charge in [0.25, 0.3) is 0 Å². The van der Waals surface area contributed by atoms with Gasteiger partial charge in [0.1, 0.15) is 0 Å². The number of aryl methyl sites for hydroxylation is 1. The Hall–Kier alpha value is -1.35. The first-order chi connectivity index (χ1) is 8.93. The normalized spacial score (nSPS) is 14.2. The second kappa shape index (κ2) is 7.29. The van der Waals surface area contributed by atoms with E-state index in [1.165, 1.54) is 5.56 Å². The van der Waals surface area contributed by atoms with E-state index in [9.17, 15) is 4.79 Å². The Labute approximate surface area is 116 Å². The Balaban J connectivity index is 2.66. The zero-order valence-corrected chi connectivity index (χ0v) is 12.4. The molecule has 0 bridgehead atoms. The van der Waals surface area contributed by atoms with Crippen molar-refractivity contribution in [2.24, 2.45) is 11.7 Å². The number of nitrogens with one attached hydrogen (secondary N) is 1. The van der Waals surface area contributed by atoms with Crippen molar-refractivity contribution in [2.75, 3.05) is 0 Å². The van der Waals surface area contributed by atoms with Gasteiger partial charge in [-0.2, -0.15) is 0 Å². The monoisotopic (exact) mass is 262 g/mol. The zero-order valence-electron chi connectivity index (χ0n) is 12.4. The lowest BCUT2D eigenvalue weighted by Crippen LogP contribution is -2.42. The van der Waals surface area contributed by atoms with Crippen molar-refractivity contribution in [3.8, 4) is 0 Å². The highest BCUT2D eigenvalue weighted by Gasteiger charge is 2.18. The van der Waals surface area contributed by atoms with Gasteiger partial charge in [0.2, 0.25) is 5.91 Å². The Kier molecular flexibility index (Phi) is 6.03. The minimum atomic E-state index is -0.417. The molecule has 0 saturated carbocycles. The molecular formula is C16H26N2O. The maximum absolute atomic E-state index is 12.1. The van der Waals surface area contributed by atoms with E-state index in [0.717, 1.165) is 18.4 Å². The van der Waals surface area contributed by atoms with E-state index in [1.807, 2.05) is 0 Å². The minimum absolute atomic E-state index is 0.0475. The lowest BCUT2D eigenvalue weighted by molar-refractivity contribution is -0.123. The van der Waals surface area contributed by atoms with E-state index in [4.69, 9.17) is 5.73 Å². The molecule has 0 aliphatic rings. The lowest BCUT2D eigenvalue weighted by Gasteiger charge is -2.21. The average molecular weight is 262 g/mol.